The van der Waals surface area contributed by atoms with Gasteiger partial charge < -0.3 is 14.7 Å². The number of benzene rings is 1. The van der Waals surface area contributed by atoms with Gasteiger partial charge in [-0.15, -0.1) is 5.10 Å². The molecule has 1 saturated carbocycles. The minimum atomic E-state index is -0.923. The van der Waals surface area contributed by atoms with Crippen LogP contribution in [0.15, 0.2) is 28.9 Å². The zero-order chi connectivity index (χ0) is 23.1. The lowest BCUT2D eigenvalue weighted by Crippen LogP contribution is -2.53. The molecule has 1 N–H and O–H groups in total. The molecule has 0 radical (unpaired) electrons. The highest BCUT2D eigenvalue weighted by atomic mass is 79.9. The van der Waals surface area contributed by atoms with Crippen molar-refractivity contribution < 1.29 is 19.0 Å². The average molecular weight is 519 g/mol. The maximum absolute atomic E-state index is 14.0. The van der Waals surface area contributed by atoms with E-state index in [2.05, 4.69) is 36.1 Å². The highest BCUT2D eigenvalue weighted by Crippen LogP contribution is 2.37. The predicted octanol–water partition coefficient (Wildman–Crippen LogP) is 4.11. The van der Waals surface area contributed by atoms with Crippen LogP contribution in [0.2, 0.25) is 0 Å². The number of aromatic nitrogens is 4. The molecular weight excluding hydrogens is 495 g/mol. The first-order valence-corrected chi connectivity index (χ1v) is 11.7. The summed E-state index contributed by atoms with van der Waals surface area (Å²) in [7, 11) is 0. The fourth-order valence-electron chi connectivity index (χ4n) is 4.22. The maximum Gasteiger partial charge on any atom is 0.407 e. The van der Waals surface area contributed by atoms with E-state index in [0.717, 1.165) is 18.3 Å². The Bertz CT molecular complexity index is 1200. The summed E-state index contributed by atoms with van der Waals surface area (Å²) in [5, 5.41) is 17.9. The van der Waals surface area contributed by atoms with Gasteiger partial charge in [0.15, 0.2) is 0 Å². The molecule has 174 valence electrons. The minimum absolute atomic E-state index is 0.156. The van der Waals surface area contributed by atoms with Gasteiger partial charge in [0.05, 0.1) is 16.2 Å². The van der Waals surface area contributed by atoms with E-state index in [1.165, 1.54) is 23.8 Å². The number of nitrogens with zero attached hydrogens (tertiary/aromatic N) is 6. The third-order valence-corrected chi connectivity index (χ3v) is 6.93. The maximum atomic E-state index is 14.0. The Hall–Kier alpha value is -2.79. The van der Waals surface area contributed by atoms with Crippen molar-refractivity contribution in [1.82, 2.24) is 29.8 Å². The van der Waals surface area contributed by atoms with Crippen molar-refractivity contribution in [3.8, 4) is 11.6 Å². The molecule has 11 heteroatoms. The van der Waals surface area contributed by atoms with Crippen LogP contribution in [-0.2, 0) is 13.1 Å². The molecule has 2 aromatic heterocycles. The van der Waals surface area contributed by atoms with Crippen LogP contribution in [0.1, 0.15) is 25.3 Å². The Morgan fingerprint density at radius 1 is 1.33 bits per heavy atom. The van der Waals surface area contributed by atoms with Gasteiger partial charge in [0, 0.05) is 44.3 Å². The number of pyridine rings is 1. The van der Waals surface area contributed by atoms with E-state index in [9.17, 15) is 14.3 Å². The first kappa shape index (κ1) is 22.0. The van der Waals surface area contributed by atoms with Gasteiger partial charge in [-0.05, 0) is 59.8 Å². The smallest absolute Gasteiger partial charge is 0.407 e. The molecule has 0 unspecified atom stereocenters. The zero-order valence-corrected chi connectivity index (χ0v) is 19.7. The minimum Gasteiger partial charge on any atom is -0.465 e. The largest absolute Gasteiger partial charge is 0.465 e. The van der Waals surface area contributed by atoms with Gasteiger partial charge >= 0.3 is 6.09 Å². The Balaban J connectivity index is 1.36. The molecule has 9 nitrogen and oxygen atoms in total. The topological polar surface area (TPSA) is 96.6 Å². The van der Waals surface area contributed by atoms with Crippen LogP contribution in [0.5, 0.6) is 11.6 Å². The van der Waals surface area contributed by atoms with Gasteiger partial charge in [-0.1, -0.05) is 5.21 Å². The van der Waals surface area contributed by atoms with Gasteiger partial charge in [-0.3, -0.25) is 4.90 Å². The molecular formula is C22H24BrFN6O3. The number of piperazine rings is 1. The molecule has 2 aliphatic rings. The fourth-order valence-corrected chi connectivity index (χ4v) is 4.72. The number of halogens is 2. The SMILES string of the molecule is C[C@@H]1CN(Cc2cc(F)cnc2Oc2ccc3c(nnn3CC3CC3)c2Br)CCN1C(=O)O. The zero-order valence-electron chi connectivity index (χ0n) is 18.1. The third kappa shape index (κ3) is 4.65. The number of fused-ring (bicyclic) bond motifs is 1. The van der Waals surface area contributed by atoms with E-state index in [1.54, 1.807) is 0 Å². The summed E-state index contributed by atoms with van der Waals surface area (Å²) in [6.45, 7) is 4.61. The number of hydrogen-bond acceptors (Lipinski definition) is 6. The molecule has 0 spiro atoms. The van der Waals surface area contributed by atoms with Gasteiger partial charge in [0.1, 0.15) is 17.1 Å². The first-order chi connectivity index (χ1) is 15.9. The quantitative estimate of drug-likeness (QED) is 0.524. The number of carbonyl (C=O) groups is 1. The van der Waals surface area contributed by atoms with Gasteiger partial charge in [0.2, 0.25) is 5.88 Å². The molecule has 0 bridgehead atoms. The predicted molar refractivity (Wildman–Crippen MR) is 122 cm³/mol. The summed E-state index contributed by atoms with van der Waals surface area (Å²) in [4.78, 5) is 19.0. The number of carboxylic acid groups (broad SMARTS) is 1. The molecule has 1 aromatic carbocycles. The number of hydrogen-bond donors (Lipinski definition) is 1. The molecule has 5 rings (SSSR count). The van der Waals surface area contributed by atoms with Crippen LogP contribution in [-0.4, -0.2) is 66.7 Å². The van der Waals surface area contributed by atoms with Crippen LogP contribution in [0.3, 0.4) is 0 Å². The van der Waals surface area contributed by atoms with Crippen LogP contribution in [0.4, 0.5) is 9.18 Å². The van der Waals surface area contributed by atoms with Crippen molar-refractivity contribution in [1.29, 1.82) is 0 Å². The Kier molecular flexibility index (Phi) is 5.92. The standard InChI is InChI=1S/C22H24BrFN6O3/c1-13-10-28(6-7-29(13)22(31)32)12-15-8-16(24)9-25-21(15)33-18-5-4-17-20(19(18)23)26-27-30(17)11-14-2-3-14/h4-5,8-9,13-14H,2-3,6-7,10-12H2,1H3,(H,31,32)/t13-/m1/s1. The Morgan fingerprint density at radius 2 is 2.15 bits per heavy atom. The highest BCUT2D eigenvalue weighted by Gasteiger charge is 2.28. The van der Waals surface area contributed by atoms with E-state index < -0.39 is 11.9 Å². The summed E-state index contributed by atoms with van der Waals surface area (Å²) in [6, 6.07) is 5.02. The van der Waals surface area contributed by atoms with E-state index in [-0.39, 0.29) is 6.04 Å². The molecule has 1 atom stereocenters. The van der Waals surface area contributed by atoms with Gasteiger partial charge in [-0.25, -0.2) is 18.9 Å². The first-order valence-electron chi connectivity index (χ1n) is 10.9. The monoisotopic (exact) mass is 518 g/mol. The molecule has 3 heterocycles. The fraction of sp³-hybridized carbons (Fsp3) is 0.455. The summed E-state index contributed by atoms with van der Waals surface area (Å²) in [6.07, 6.45) is 2.66. The van der Waals surface area contributed by atoms with E-state index >= 15 is 0 Å². The number of amides is 1. The van der Waals surface area contributed by atoms with Crippen molar-refractivity contribution in [2.45, 2.75) is 38.9 Å². The Labute approximate surface area is 198 Å². The summed E-state index contributed by atoms with van der Waals surface area (Å²) >= 11 is 3.59. The van der Waals surface area contributed by atoms with Crippen molar-refractivity contribution in [3.05, 3.63) is 40.2 Å². The lowest BCUT2D eigenvalue weighted by atomic mass is 10.1. The van der Waals surface area contributed by atoms with Crippen LogP contribution in [0.25, 0.3) is 11.0 Å². The van der Waals surface area contributed by atoms with Crippen molar-refractivity contribution in [2.75, 3.05) is 19.6 Å². The number of ether oxygens (including phenoxy) is 1. The molecule has 3 aromatic rings. The molecule has 1 saturated heterocycles. The third-order valence-electron chi connectivity index (χ3n) is 6.17. The molecule has 1 amide bonds. The van der Waals surface area contributed by atoms with Crippen LogP contribution < -0.4 is 4.74 Å². The average Bonchev–Trinajstić information content (AvgIpc) is 3.49. The van der Waals surface area contributed by atoms with E-state index in [1.807, 2.05) is 23.7 Å². The normalized spacial score (nSPS) is 19.2. The van der Waals surface area contributed by atoms with Crippen LogP contribution >= 0.6 is 15.9 Å². The molecule has 2 fully saturated rings. The molecule has 33 heavy (non-hydrogen) atoms. The molecule has 1 aliphatic carbocycles. The van der Waals surface area contributed by atoms with Crippen molar-refractivity contribution in [2.24, 2.45) is 5.92 Å². The summed E-state index contributed by atoms with van der Waals surface area (Å²) in [5.41, 5.74) is 2.23. The second-order valence-electron chi connectivity index (χ2n) is 8.74. The lowest BCUT2D eigenvalue weighted by Gasteiger charge is -2.38. The second-order valence-corrected chi connectivity index (χ2v) is 9.53. The van der Waals surface area contributed by atoms with Crippen LogP contribution in [0, 0.1) is 11.7 Å². The van der Waals surface area contributed by atoms with Crippen molar-refractivity contribution >= 4 is 33.1 Å². The Morgan fingerprint density at radius 3 is 2.88 bits per heavy atom. The van der Waals surface area contributed by atoms with Gasteiger partial charge in [-0.2, -0.15) is 0 Å². The second kappa shape index (κ2) is 8.86. The van der Waals surface area contributed by atoms with E-state index in [4.69, 9.17) is 4.74 Å². The summed E-state index contributed by atoms with van der Waals surface area (Å²) < 4.78 is 22.7. The lowest BCUT2D eigenvalue weighted by molar-refractivity contribution is 0.0707. The van der Waals surface area contributed by atoms with Gasteiger partial charge in [0.25, 0.3) is 0 Å². The summed E-state index contributed by atoms with van der Waals surface area (Å²) in [5.74, 6) is 1.04. The highest BCUT2D eigenvalue weighted by molar-refractivity contribution is 9.10. The van der Waals surface area contributed by atoms with E-state index in [0.29, 0.717) is 59.3 Å². The number of rotatable bonds is 6. The van der Waals surface area contributed by atoms with Crippen molar-refractivity contribution in [3.63, 3.8) is 0 Å². The molecule has 1 aliphatic heterocycles.